The van der Waals surface area contributed by atoms with E-state index in [4.69, 9.17) is 9.72 Å². The number of hydrogen-bond acceptors (Lipinski definition) is 8. The summed E-state index contributed by atoms with van der Waals surface area (Å²) >= 11 is 0. The van der Waals surface area contributed by atoms with Crippen LogP contribution in [-0.2, 0) is 10.4 Å². The highest BCUT2D eigenvalue weighted by molar-refractivity contribution is 6.76. The number of rotatable bonds is 12. The number of hydrogen-bond donors (Lipinski definition) is 0. The van der Waals surface area contributed by atoms with Gasteiger partial charge in [0.05, 0.1) is 18.8 Å². The highest BCUT2D eigenvalue weighted by Crippen LogP contribution is 2.34. The number of fused-ring (bicyclic) bond motifs is 1. The van der Waals surface area contributed by atoms with Gasteiger partial charge < -0.3 is 14.5 Å². The van der Waals surface area contributed by atoms with Gasteiger partial charge in [0.25, 0.3) is 0 Å². The average molecular weight is 616 g/mol. The van der Waals surface area contributed by atoms with E-state index < -0.39 is 13.7 Å². The second kappa shape index (κ2) is 12.5. The molecule has 2 saturated heterocycles. The molecule has 2 aromatic heterocycles. The summed E-state index contributed by atoms with van der Waals surface area (Å²) in [5, 5.41) is 13.1. The lowest BCUT2D eigenvalue weighted by Gasteiger charge is -2.25. The Labute approximate surface area is 261 Å². The van der Waals surface area contributed by atoms with Crippen LogP contribution in [0.1, 0.15) is 32.3 Å². The van der Waals surface area contributed by atoms with Crippen molar-refractivity contribution in [2.45, 2.75) is 64.1 Å². The molecule has 44 heavy (non-hydrogen) atoms. The molecule has 3 aromatic rings. The maximum absolute atomic E-state index is 13.7. The molecule has 2 unspecified atom stereocenters. The predicted octanol–water partition coefficient (Wildman–Crippen LogP) is 5.76. The number of aliphatic imine (C=N–C) groups is 1. The summed E-state index contributed by atoms with van der Waals surface area (Å²) in [7, 11) is -1.19. The molecule has 0 aliphatic carbocycles. The van der Waals surface area contributed by atoms with Crippen LogP contribution < -0.4 is 4.90 Å². The van der Waals surface area contributed by atoms with Gasteiger partial charge in [-0.3, -0.25) is 4.90 Å². The highest BCUT2D eigenvalue weighted by atomic mass is 28.3. The number of azo groups is 1. The van der Waals surface area contributed by atoms with E-state index in [1.807, 2.05) is 52.5 Å². The molecule has 234 valence electrons. The fraction of sp³-hybridized carbons (Fsp3) is 0.562. The van der Waals surface area contributed by atoms with Gasteiger partial charge in [-0.2, -0.15) is 5.10 Å². The molecule has 2 amide bonds. The summed E-state index contributed by atoms with van der Waals surface area (Å²) in [6.45, 7) is 17.1. The molecule has 0 saturated carbocycles. The zero-order valence-corrected chi connectivity index (χ0v) is 27.7. The van der Waals surface area contributed by atoms with E-state index in [2.05, 4.69) is 58.7 Å². The Kier molecular flexibility index (Phi) is 8.67. The quantitative estimate of drug-likeness (QED) is 0.190. The molecule has 2 atom stereocenters. The fourth-order valence-electron chi connectivity index (χ4n) is 6.17. The Hall–Kier alpha value is -3.48. The van der Waals surface area contributed by atoms with E-state index in [1.54, 1.807) is 4.52 Å². The van der Waals surface area contributed by atoms with E-state index in [-0.39, 0.29) is 12.1 Å². The summed E-state index contributed by atoms with van der Waals surface area (Å²) in [6.07, 6.45) is 7.74. The van der Waals surface area contributed by atoms with Crippen molar-refractivity contribution in [2.24, 2.45) is 21.1 Å². The summed E-state index contributed by atoms with van der Waals surface area (Å²) in [5.74, 6) is 0.964. The van der Waals surface area contributed by atoms with Crippen molar-refractivity contribution < 1.29 is 9.53 Å². The molecular formula is C32H45N9O2Si. The van der Waals surface area contributed by atoms with Gasteiger partial charge in [-0.15, -0.1) is 10.2 Å². The minimum atomic E-state index is -1.19. The van der Waals surface area contributed by atoms with Gasteiger partial charge in [0.15, 0.2) is 5.65 Å². The molecule has 1 aromatic carbocycles. The molecule has 5 heterocycles. The molecule has 11 nitrogen and oxygen atoms in total. The Bertz CT molecular complexity index is 1510. The first-order chi connectivity index (χ1) is 21.1. The fourth-order valence-corrected chi connectivity index (χ4v) is 6.93. The van der Waals surface area contributed by atoms with Crippen molar-refractivity contribution in [3.05, 3.63) is 48.3 Å². The van der Waals surface area contributed by atoms with Gasteiger partial charge in [0, 0.05) is 51.6 Å². The number of anilines is 1. The number of likely N-dealkylation sites (tertiary alicyclic amines) is 1. The van der Waals surface area contributed by atoms with Crippen LogP contribution >= 0.6 is 0 Å². The zero-order chi connectivity index (χ0) is 30.9. The van der Waals surface area contributed by atoms with E-state index in [0.717, 1.165) is 48.9 Å². The van der Waals surface area contributed by atoms with Crippen molar-refractivity contribution in [3.63, 3.8) is 0 Å². The van der Waals surface area contributed by atoms with Crippen LogP contribution in [0.25, 0.3) is 16.8 Å². The maximum atomic E-state index is 13.7. The number of carbonyl (C=O) groups excluding carboxylic acids is 1. The molecule has 12 heteroatoms. The van der Waals surface area contributed by atoms with Crippen molar-refractivity contribution in [1.29, 1.82) is 0 Å². The van der Waals surface area contributed by atoms with Crippen LogP contribution in [0.3, 0.4) is 0 Å². The maximum Gasteiger partial charge on any atom is 0.326 e. The normalized spacial score (nSPS) is 22.5. The molecule has 6 rings (SSSR count). The van der Waals surface area contributed by atoms with Crippen LogP contribution in [0.15, 0.2) is 57.9 Å². The van der Waals surface area contributed by atoms with Crippen molar-refractivity contribution in [2.75, 3.05) is 50.8 Å². The summed E-state index contributed by atoms with van der Waals surface area (Å²) in [4.78, 5) is 29.7. The zero-order valence-electron chi connectivity index (χ0n) is 26.7. The molecular weight excluding hydrogens is 570 g/mol. The molecule has 0 spiro atoms. The number of urea groups is 1. The molecule has 2 fully saturated rings. The summed E-state index contributed by atoms with van der Waals surface area (Å²) in [5.41, 5.74) is 2.65. The van der Waals surface area contributed by atoms with Crippen LogP contribution in [0, 0.1) is 5.92 Å². The van der Waals surface area contributed by atoms with Gasteiger partial charge in [-0.25, -0.2) is 19.3 Å². The molecule has 0 bridgehead atoms. The third-order valence-corrected chi connectivity index (χ3v) is 10.7. The van der Waals surface area contributed by atoms with Crippen LogP contribution in [0.2, 0.25) is 25.7 Å². The first-order valence-corrected chi connectivity index (χ1v) is 19.6. The van der Waals surface area contributed by atoms with Crippen LogP contribution in [-0.4, -0.2) is 96.8 Å². The first-order valence-electron chi connectivity index (χ1n) is 15.9. The number of amides is 2. The molecule has 3 aliphatic rings. The van der Waals surface area contributed by atoms with Gasteiger partial charge >= 0.3 is 6.03 Å². The summed E-state index contributed by atoms with van der Waals surface area (Å²) in [6, 6.07) is 11.2. The largest absolute Gasteiger partial charge is 0.377 e. The Morgan fingerprint density at radius 1 is 1.07 bits per heavy atom. The Balaban J connectivity index is 1.22. The minimum Gasteiger partial charge on any atom is -0.377 e. The second-order valence-corrected chi connectivity index (χ2v) is 19.4. The van der Waals surface area contributed by atoms with Gasteiger partial charge in [0.1, 0.15) is 12.2 Å². The monoisotopic (exact) mass is 615 g/mol. The molecule has 0 N–H and O–H groups in total. The lowest BCUT2D eigenvalue weighted by molar-refractivity contribution is 0.0971. The van der Waals surface area contributed by atoms with E-state index in [0.29, 0.717) is 37.1 Å². The van der Waals surface area contributed by atoms with Crippen LogP contribution in [0.4, 0.5) is 10.6 Å². The van der Waals surface area contributed by atoms with Gasteiger partial charge in [0.2, 0.25) is 5.66 Å². The Morgan fingerprint density at radius 2 is 1.84 bits per heavy atom. The van der Waals surface area contributed by atoms with Gasteiger partial charge in [-0.05, 0) is 49.5 Å². The smallest absolute Gasteiger partial charge is 0.326 e. The van der Waals surface area contributed by atoms with Crippen molar-refractivity contribution in [1.82, 2.24) is 24.4 Å². The van der Waals surface area contributed by atoms with Gasteiger partial charge in [-0.1, -0.05) is 57.8 Å². The van der Waals surface area contributed by atoms with Crippen LogP contribution in [0.5, 0.6) is 0 Å². The lowest BCUT2D eigenvalue weighted by Crippen LogP contribution is -2.39. The average Bonchev–Trinajstić information content (AvgIpc) is 3.81. The third kappa shape index (κ3) is 6.33. The predicted molar refractivity (Wildman–Crippen MR) is 176 cm³/mol. The number of benzene rings is 1. The first kappa shape index (κ1) is 30.5. The van der Waals surface area contributed by atoms with E-state index in [9.17, 15) is 4.79 Å². The summed E-state index contributed by atoms with van der Waals surface area (Å²) < 4.78 is 7.83. The number of ether oxygens (including phenoxy) is 1. The number of nitrogens with zero attached hydrogens (tertiary/aromatic N) is 9. The van der Waals surface area contributed by atoms with E-state index >= 15 is 0 Å². The van der Waals surface area contributed by atoms with E-state index in [1.165, 1.54) is 19.2 Å². The van der Waals surface area contributed by atoms with Crippen molar-refractivity contribution in [3.8, 4) is 11.1 Å². The SMILES string of the molecule is CC(C)C1CN(CCN2CCCC2)C(=O)N1c1ccn2ncc(-c3ccc(C4(COCC[Si](C)(C)C)N=CN=N4)cc3)c2n1. The minimum absolute atomic E-state index is 0.0359. The Morgan fingerprint density at radius 3 is 2.52 bits per heavy atom. The number of aromatic nitrogens is 3. The van der Waals surface area contributed by atoms with Crippen molar-refractivity contribution >= 4 is 31.9 Å². The highest BCUT2D eigenvalue weighted by Gasteiger charge is 2.41. The molecule has 0 radical (unpaired) electrons. The topological polar surface area (TPSA) is 103 Å². The lowest BCUT2D eigenvalue weighted by atomic mass is 9.98. The standard InChI is InChI=1S/C32H45N9O2Si/c1-24(2)28-21-39(17-16-38-13-6-7-14-38)31(42)41(28)29-12-15-40-30(36-29)27(20-35-40)25-8-10-26(11-9-25)32(33-23-34-37-32)22-43-18-19-44(3,4)5/h8-12,15,20,23-24,28H,6-7,13-14,16-19,21-22H2,1-5H3. The third-order valence-electron chi connectivity index (χ3n) is 8.98. The second-order valence-electron chi connectivity index (χ2n) is 13.8. The number of carbonyl (C=O) groups is 1. The molecule has 3 aliphatic heterocycles.